The van der Waals surface area contributed by atoms with Gasteiger partial charge in [0.05, 0.1) is 13.7 Å². The number of rotatable bonds is 7. The van der Waals surface area contributed by atoms with Crippen molar-refractivity contribution in [3.8, 4) is 5.75 Å². The van der Waals surface area contributed by atoms with Gasteiger partial charge in [-0.1, -0.05) is 13.0 Å². The van der Waals surface area contributed by atoms with Crippen LogP contribution < -0.4 is 10.1 Å². The first-order valence-electron chi connectivity index (χ1n) is 6.97. The summed E-state index contributed by atoms with van der Waals surface area (Å²) < 4.78 is 10.6. The van der Waals surface area contributed by atoms with Crippen LogP contribution in [0.25, 0.3) is 0 Å². The number of benzene rings is 1. The third kappa shape index (κ3) is 3.71. The van der Waals surface area contributed by atoms with E-state index in [1.165, 1.54) is 18.4 Å². The van der Waals surface area contributed by atoms with Crippen LogP contribution >= 0.6 is 0 Å². The van der Waals surface area contributed by atoms with E-state index in [0.717, 1.165) is 17.9 Å². The molecular formula is C16H25NO2. The zero-order valence-electron chi connectivity index (χ0n) is 12.5. The minimum atomic E-state index is 0.360. The van der Waals surface area contributed by atoms with Crippen LogP contribution in [-0.4, -0.2) is 20.8 Å². The van der Waals surface area contributed by atoms with E-state index in [0.29, 0.717) is 18.1 Å². The van der Waals surface area contributed by atoms with Crippen LogP contribution in [-0.2, 0) is 11.3 Å². The number of methoxy groups -OCH3 is 2. The van der Waals surface area contributed by atoms with Gasteiger partial charge in [0.2, 0.25) is 0 Å². The first-order valence-corrected chi connectivity index (χ1v) is 6.97. The Hall–Kier alpha value is -1.06. The molecule has 3 heteroatoms. The molecule has 0 aliphatic heterocycles. The Morgan fingerprint density at radius 3 is 2.63 bits per heavy atom. The van der Waals surface area contributed by atoms with Crippen LogP contribution in [0.2, 0.25) is 0 Å². The molecule has 1 fully saturated rings. The normalized spacial score (nSPS) is 18.1. The van der Waals surface area contributed by atoms with Gasteiger partial charge in [0.25, 0.3) is 0 Å². The molecule has 19 heavy (non-hydrogen) atoms. The lowest BCUT2D eigenvalue weighted by Crippen LogP contribution is -2.25. The summed E-state index contributed by atoms with van der Waals surface area (Å²) in [7, 11) is 3.41. The van der Waals surface area contributed by atoms with Crippen LogP contribution in [0.4, 0.5) is 0 Å². The van der Waals surface area contributed by atoms with Gasteiger partial charge in [-0.3, -0.25) is 0 Å². The molecule has 106 valence electrons. The monoisotopic (exact) mass is 263 g/mol. The number of ether oxygens (including phenoxy) is 2. The van der Waals surface area contributed by atoms with Crippen LogP contribution in [0.3, 0.4) is 0 Å². The molecule has 1 saturated carbocycles. The highest BCUT2D eigenvalue weighted by molar-refractivity contribution is 5.38. The van der Waals surface area contributed by atoms with E-state index in [4.69, 9.17) is 9.47 Å². The number of hydrogen-bond acceptors (Lipinski definition) is 3. The Morgan fingerprint density at radius 1 is 1.32 bits per heavy atom. The summed E-state index contributed by atoms with van der Waals surface area (Å²) in [5.41, 5.74) is 2.93. The minimum absolute atomic E-state index is 0.360. The van der Waals surface area contributed by atoms with Gasteiger partial charge in [0.15, 0.2) is 0 Å². The van der Waals surface area contributed by atoms with Crippen molar-refractivity contribution < 1.29 is 9.47 Å². The molecule has 1 N–H and O–H groups in total. The molecule has 0 aromatic heterocycles. The van der Waals surface area contributed by atoms with Crippen LogP contribution in [0.15, 0.2) is 18.2 Å². The predicted octanol–water partition coefficient (Wildman–Crippen LogP) is 3.29. The molecule has 1 aliphatic carbocycles. The van der Waals surface area contributed by atoms with Crippen molar-refractivity contribution >= 4 is 0 Å². The maximum atomic E-state index is 5.36. The molecule has 3 nitrogen and oxygen atoms in total. The summed E-state index contributed by atoms with van der Waals surface area (Å²) in [4.78, 5) is 0. The predicted molar refractivity (Wildman–Crippen MR) is 77.5 cm³/mol. The summed E-state index contributed by atoms with van der Waals surface area (Å²) >= 11 is 0. The van der Waals surface area contributed by atoms with Gasteiger partial charge in [-0.05, 0) is 42.9 Å². The van der Waals surface area contributed by atoms with E-state index >= 15 is 0 Å². The average molecular weight is 263 g/mol. The smallest absolute Gasteiger partial charge is 0.124 e. The van der Waals surface area contributed by atoms with Gasteiger partial charge in [-0.15, -0.1) is 0 Å². The fraction of sp³-hybridized carbons (Fsp3) is 0.625. The van der Waals surface area contributed by atoms with Crippen LogP contribution in [0.5, 0.6) is 5.75 Å². The summed E-state index contributed by atoms with van der Waals surface area (Å²) in [5, 5.41) is 3.63. The fourth-order valence-corrected chi connectivity index (χ4v) is 2.24. The second kappa shape index (κ2) is 5.93. The standard InChI is InChI=1S/C16H25NO2/c1-12(17-11-16(2)7-8-16)13-5-6-15(19-4)14(9-13)10-18-3/h5-6,9,12,17H,7-8,10-11H2,1-4H3. The summed E-state index contributed by atoms with van der Waals surface area (Å²) in [6.45, 7) is 6.24. The molecule has 0 radical (unpaired) electrons. The third-order valence-corrected chi connectivity index (χ3v) is 4.04. The average Bonchev–Trinajstić information content (AvgIpc) is 3.15. The van der Waals surface area contributed by atoms with Crippen molar-refractivity contribution in [2.75, 3.05) is 20.8 Å². The lowest BCUT2D eigenvalue weighted by atomic mass is 10.0. The lowest BCUT2D eigenvalue weighted by Gasteiger charge is -2.19. The van der Waals surface area contributed by atoms with Gasteiger partial charge in [0.1, 0.15) is 5.75 Å². The van der Waals surface area contributed by atoms with Gasteiger partial charge < -0.3 is 14.8 Å². The molecule has 2 rings (SSSR count). The topological polar surface area (TPSA) is 30.5 Å². The van der Waals surface area contributed by atoms with Crippen LogP contribution in [0.1, 0.15) is 43.9 Å². The Bertz CT molecular complexity index is 427. The molecule has 0 heterocycles. The molecule has 0 spiro atoms. The van der Waals surface area contributed by atoms with Crippen molar-refractivity contribution in [2.24, 2.45) is 5.41 Å². The van der Waals surface area contributed by atoms with Gasteiger partial charge in [-0.2, -0.15) is 0 Å². The molecule has 0 saturated heterocycles. The Labute approximate surface area is 116 Å². The second-order valence-corrected chi connectivity index (χ2v) is 5.92. The third-order valence-electron chi connectivity index (χ3n) is 4.04. The van der Waals surface area contributed by atoms with Crippen molar-refractivity contribution in [3.63, 3.8) is 0 Å². The van der Waals surface area contributed by atoms with Crippen molar-refractivity contribution in [3.05, 3.63) is 29.3 Å². The quantitative estimate of drug-likeness (QED) is 0.819. The summed E-state index contributed by atoms with van der Waals surface area (Å²) in [6, 6.07) is 6.69. The maximum Gasteiger partial charge on any atom is 0.124 e. The minimum Gasteiger partial charge on any atom is -0.496 e. The van der Waals surface area contributed by atoms with E-state index < -0.39 is 0 Å². The second-order valence-electron chi connectivity index (χ2n) is 5.92. The summed E-state index contributed by atoms with van der Waals surface area (Å²) in [6.07, 6.45) is 2.70. The molecular weight excluding hydrogens is 238 g/mol. The largest absolute Gasteiger partial charge is 0.496 e. The molecule has 1 aliphatic rings. The van der Waals surface area contributed by atoms with Crippen molar-refractivity contribution in [1.82, 2.24) is 5.32 Å². The molecule has 1 aromatic carbocycles. The summed E-state index contributed by atoms with van der Waals surface area (Å²) in [5.74, 6) is 0.895. The lowest BCUT2D eigenvalue weighted by molar-refractivity contribution is 0.181. The molecule has 1 aromatic rings. The Kier molecular flexibility index (Phi) is 4.48. The van der Waals surface area contributed by atoms with Gasteiger partial charge >= 0.3 is 0 Å². The number of hydrogen-bond donors (Lipinski definition) is 1. The van der Waals surface area contributed by atoms with Crippen molar-refractivity contribution in [2.45, 2.75) is 39.3 Å². The highest BCUT2D eigenvalue weighted by Gasteiger charge is 2.36. The molecule has 1 unspecified atom stereocenters. The molecule has 0 amide bonds. The van der Waals surface area contributed by atoms with E-state index in [1.807, 2.05) is 6.07 Å². The van der Waals surface area contributed by atoms with Crippen molar-refractivity contribution in [1.29, 1.82) is 0 Å². The maximum absolute atomic E-state index is 5.36. The zero-order valence-corrected chi connectivity index (χ0v) is 12.5. The first kappa shape index (κ1) is 14.4. The highest BCUT2D eigenvalue weighted by atomic mass is 16.5. The molecule has 1 atom stereocenters. The van der Waals surface area contributed by atoms with Gasteiger partial charge in [-0.25, -0.2) is 0 Å². The van der Waals surface area contributed by atoms with E-state index in [9.17, 15) is 0 Å². The fourth-order valence-electron chi connectivity index (χ4n) is 2.24. The molecule has 0 bridgehead atoms. The van der Waals surface area contributed by atoms with Crippen LogP contribution in [0, 0.1) is 5.41 Å². The highest BCUT2D eigenvalue weighted by Crippen LogP contribution is 2.44. The zero-order chi connectivity index (χ0) is 13.9. The first-order chi connectivity index (χ1) is 9.08. The van der Waals surface area contributed by atoms with Gasteiger partial charge in [0, 0.05) is 25.3 Å². The van der Waals surface area contributed by atoms with E-state index in [-0.39, 0.29) is 0 Å². The van der Waals surface area contributed by atoms with E-state index in [2.05, 4.69) is 31.3 Å². The SMILES string of the molecule is COCc1cc(C(C)NCC2(C)CC2)ccc1OC. The number of nitrogens with one attached hydrogen (secondary N) is 1. The Morgan fingerprint density at radius 2 is 2.05 bits per heavy atom. The Balaban J connectivity index is 2.03. The van der Waals surface area contributed by atoms with E-state index in [1.54, 1.807) is 14.2 Å².